The Hall–Kier alpha value is -0.730. The third kappa shape index (κ3) is 4.18. The van der Waals surface area contributed by atoms with E-state index in [9.17, 15) is 4.79 Å². The van der Waals surface area contributed by atoms with Crippen molar-refractivity contribution in [3.63, 3.8) is 0 Å². The number of nitrogens with zero attached hydrogens (tertiary/aromatic N) is 2. The lowest BCUT2D eigenvalue weighted by Crippen LogP contribution is -2.06. The molecule has 3 nitrogen and oxygen atoms in total. The minimum Gasteiger partial charge on any atom is -0.266 e. The maximum absolute atomic E-state index is 10.7. The van der Waals surface area contributed by atoms with Crippen molar-refractivity contribution in [3.8, 4) is 0 Å². The van der Waals surface area contributed by atoms with Crippen LogP contribution in [0.2, 0.25) is 0 Å². The summed E-state index contributed by atoms with van der Waals surface area (Å²) in [6.45, 7) is 4.72. The van der Waals surface area contributed by atoms with Gasteiger partial charge in [-0.3, -0.25) is 4.79 Å². The van der Waals surface area contributed by atoms with Crippen molar-refractivity contribution < 1.29 is 9.49 Å². The predicted molar refractivity (Wildman–Crippen MR) is 39.1 cm³/mol. The van der Waals surface area contributed by atoms with Crippen LogP contribution >= 0.6 is 0 Å². The summed E-state index contributed by atoms with van der Waals surface area (Å²) < 4.78 is 1.69. The van der Waals surface area contributed by atoms with Crippen molar-refractivity contribution in [2.45, 2.75) is 26.7 Å². The summed E-state index contributed by atoms with van der Waals surface area (Å²) in [5, 5.41) is 3.78. The smallest absolute Gasteiger partial charge is 0.266 e. The van der Waals surface area contributed by atoms with Gasteiger partial charge in [-0.05, 0) is 0 Å². The molecule has 0 fully saturated rings. The number of rotatable bonds is 3. The molecule has 0 rings (SSSR count). The van der Waals surface area contributed by atoms with Crippen molar-refractivity contribution in [3.05, 3.63) is 0 Å². The fourth-order valence-electron chi connectivity index (χ4n) is 0.635. The van der Waals surface area contributed by atoms with Gasteiger partial charge in [-0.2, -0.15) is 0 Å². The van der Waals surface area contributed by atoms with Gasteiger partial charge in [0.05, 0.1) is 0 Å². The number of carbonyl (C=O) groups excluding carboxylic acids is 1. The molecule has 10 heavy (non-hydrogen) atoms. The number of hydrogen-bond donors (Lipinski definition) is 0. The second-order valence-corrected chi connectivity index (χ2v) is 2.23. The molecule has 0 radical (unpaired) electrons. The van der Waals surface area contributed by atoms with E-state index in [2.05, 4.69) is 12.0 Å². The zero-order valence-electron chi connectivity index (χ0n) is 6.92. The molecule has 0 aromatic rings. The average molecular weight is 143 g/mol. The van der Waals surface area contributed by atoms with E-state index in [0.717, 1.165) is 13.0 Å². The van der Waals surface area contributed by atoms with E-state index in [1.165, 1.54) is 0 Å². The maximum Gasteiger partial charge on any atom is 0.307 e. The quantitative estimate of drug-likeness (QED) is 0.434. The summed E-state index contributed by atoms with van der Waals surface area (Å²) >= 11 is 0. The van der Waals surface area contributed by atoms with Gasteiger partial charge < -0.3 is 0 Å². The summed E-state index contributed by atoms with van der Waals surface area (Å²) in [6.07, 6.45) is 1.52. The fourth-order valence-corrected chi connectivity index (χ4v) is 0.635. The van der Waals surface area contributed by atoms with E-state index in [1.807, 2.05) is 14.0 Å². The molecule has 0 saturated carbocycles. The monoisotopic (exact) mass is 143 g/mol. The molecule has 58 valence electrons. The SMILES string of the molecule is CCC[N+](C)=NC(=O)CC. The Labute approximate surface area is 61.7 Å². The van der Waals surface area contributed by atoms with E-state index >= 15 is 0 Å². The molecule has 0 spiro atoms. The van der Waals surface area contributed by atoms with Crippen LogP contribution in [0.1, 0.15) is 26.7 Å². The van der Waals surface area contributed by atoms with Crippen molar-refractivity contribution in [2.75, 3.05) is 13.6 Å². The van der Waals surface area contributed by atoms with E-state index in [4.69, 9.17) is 0 Å². The Bertz CT molecular complexity index is 141. The summed E-state index contributed by atoms with van der Waals surface area (Å²) in [7, 11) is 1.82. The second kappa shape index (κ2) is 5.09. The van der Waals surface area contributed by atoms with E-state index in [1.54, 1.807) is 4.70 Å². The van der Waals surface area contributed by atoms with Crippen LogP contribution in [0.4, 0.5) is 0 Å². The van der Waals surface area contributed by atoms with Gasteiger partial charge in [0.1, 0.15) is 0 Å². The second-order valence-electron chi connectivity index (χ2n) is 2.23. The summed E-state index contributed by atoms with van der Waals surface area (Å²) in [4.78, 5) is 10.7. The number of amides is 1. The highest BCUT2D eigenvalue weighted by Crippen LogP contribution is 1.85. The highest BCUT2D eigenvalue weighted by Gasteiger charge is 2.00. The lowest BCUT2D eigenvalue weighted by molar-refractivity contribution is -0.561. The summed E-state index contributed by atoms with van der Waals surface area (Å²) in [5.74, 6) is -0.0454. The van der Waals surface area contributed by atoms with Crippen LogP contribution in [0, 0.1) is 0 Å². The molecule has 0 aliphatic rings. The van der Waals surface area contributed by atoms with Crippen molar-refractivity contribution in [1.29, 1.82) is 0 Å². The number of carbonyl (C=O) groups is 1. The molecule has 3 heteroatoms. The van der Waals surface area contributed by atoms with Crippen molar-refractivity contribution in [1.82, 2.24) is 0 Å². The first-order chi connectivity index (χ1) is 4.70. The lowest BCUT2D eigenvalue weighted by Gasteiger charge is -1.87. The van der Waals surface area contributed by atoms with Crippen LogP contribution in [-0.2, 0) is 4.79 Å². The van der Waals surface area contributed by atoms with Crippen LogP contribution in [0.5, 0.6) is 0 Å². The molecule has 0 N–H and O–H groups in total. The molecule has 0 aromatic heterocycles. The topological polar surface area (TPSA) is 32.4 Å². The van der Waals surface area contributed by atoms with Gasteiger partial charge in [0.2, 0.25) is 0 Å². The van der Waals surface area contributed by atoms with Gasteiger partial charge in [-0.15, -0.1) is 4.70 Å². The van der Waals surface area contributed by atoms with Crippen LogP contribution < -0.4 is 0 Å². The van der Waals surface area contributed by atoms with Gasteiger partial charge in [0.15, 0.2) is 13.6 Å². The Balaban J connectivity index is 3.77. The summed E-state index contributed by atoms with van der Waals surface area (Å²) in [5.41, 5.74) is 0. The van der Waals surface area contributed by atoms with Gasteiger partial charge in [0.25, 0.3) is 0 Å². The van der Waals surface area contributed by atoms with Crippen LogP contribution in [-0.4, -0.2) is 24.2 Å². The highest BCUT2D eigenvalue weighted by atomic mass is 16.1. The largest absolute Gasteiger partial charge is 0.307 e. The van der Waals surface area contributed by atoms with Gasteiger partial charge in [-0.1, -0.05) is 13.8 Å². The summed E-state index contributed by atoms with van der Waals surface area (Å²) in [6, 6.07) is 0. The molecule has 0 aromatic carbocycles. The molecule has 1 amide bonds. The van der Waals surface area contributed by atoms with E-state index < -0.39 is 0 Å². The third-order valence-corrected chi connectivity index (χ3v) is 1.13. The predicted octanol–water partition coefficient (Wildman–Crippen LogP) is 1.43. The normalized spacial score (nSPS) is 11.7. The van der Waals surface area contributed by atoms with Crippen LogP contribution in [0.3, 0.4) is 0 Å². The Morgan fingerprint density at radius 1 is 1.50 bits per heavy atom. The Morgan fingerprint density at radius 2 is 2.10 bits per heavy atom. The fraction of sp³-hybridized carbons (Fsp3) is 0.857. The Morgan fingerprint density at radius 3 is 2.50 bits per heavy atom. The molecular weight excluding hydrogens is 128 g/mol. The molecule has 0 unspecified atom stereocenters. The molecule has 0 heterocycles. The lowest BCUT2D eigenvalue weighted by atomic mass is 10.5. The molecule has 0 bridgehead atoms. The highest BCUT2D eigenvalue weighted by molar-refractivity contribution is 5.75. The zero-order valence-corrected chi connectivity index (χ0v) is 6.92. The van der Waals surface area contributed by atoms with Gasteiger partial charge in [0, 0.05) is 18.0 Å². The molecule has 0 saturated heterocycles. The first-order valence-corrected chi connectivity index (χ1v) is 3.66. The van der Waals surface area contributed by atoms with Crippen LogP contribution in [0.25, 0.3) is 0 Å². The Kier molecular flexibility index (Phi) is 4.72. The van der Waals surface area contributed by atoms with E-state index in [0.29, 0.717) is 6.42 Å². The standard InChI is InChI=1S/C7H15N2O/c1-4-6-9(3)8-7(10)5-2/h4-6H2,1-3H3/q+1. The maximum atomic E-state index is 10.7. The molecule has 0 atom stereocenters. The average Bonchev–Trinajstić information content (AvgIpc) is 1.88. The molecule has 0 aliphatic carbocycles. The van der Waals surface area contributed by atoms with Gasteiger partial charge >= 0.3 is 5.91 Å². The molecular formula is C7H15N2O+. The number of hydrogen-bond acceptors (Lipinski definition) is 1. The van der Waals surface area contributed by atoms with Gasteiger partial charge in [-0.25, -0.2) is 0 Å². The number of azo groups is 2. The first-order valence-electron chi connectivity index (χ1n) is 3.66. The minimum absolute atomic E-state index is 0.0454. The third-order valence-electron chi connectivity index (χ3n) is 1.13. The van der Waals surface area contributed by atoms with Crippen molar-refractivity contribution >= 4 is 5.91 Å². The first kappa shape index (κ1) is 9.27. The van der Waals surface area contributed by atoms with Crippen molar-refractivity contribution in [2.24, 2.45) is 5.11 Å². The minimum atomic E-state index is -0.0454. The van der Waals surface area contributed by atoms with E-state index in [-0.39, 0.29) is 5.91 Å². The molecule has 0 aliphatic heterocycles. The van der Waals surface area contributed by atoms with Crippen LogP contribution in [0.15, 0.2) is 5.11 Å². The zero-order chi connectivity index (χ0) is 7.98.